The lowest BCUT2D eigenvalue weighted by molar-refractivity contribution is 0.176. The van der Waals surface area contributed by atoms with Crippen molar-refractivity contribution in [3.63, 3.8) is 0 Å². The van der Waals surface area contributed by atoms with Crippen LogP contribution in [0.1, 0.15) is 40.0 Å². The maximum absolute atomic E-state index is 4.45. The molecule has 1 heterocycles. The van der Waals surface area contributed by atoms with Crippen molar-refractivity contribution < 1.29 is 0 Å². The van der Waals surface area contributed by atoms with Gasteiger partial charge in [0.1, 0.15) is 0 Å². The lowest BCUT2D eigenvalue weighted by Crippen LogP contribution is -2.51. The maximum Gasteiger partial charge on any atom is 0.167 e. The quantitative estimate of drug-likeness (QED) is 0.909. The molecule has 1 aromatic rings. The van der Waals surface area contributed by atoms with Crippen LogP contribution >= 0.6 is 11.8 Å². The minimum atomic E-state index is 0.386. The Kier molecular flexibility index (Phi) is 4.38. The van der Waals surface area contributed by atoms with Crippen LogP contribution in [0.15, 0.2) is 17.6 Å². The fourth-order valence-corrected chi connectivity index (χ4v) is 4.44. The number of rotatable bonds is 4. The van der Waals surface area contributed by atoms with Crippen LogP contribution in [0, 0.1) is 5.41 Å². The third-order valence-electron chi connectivity index (χ3n) is 3.98. The molecule has 3 nitrogen and oxygen atoms in total. The summed E-state index contributed by atoms with van der Waals surface area (Å²) in [5.74, 6) is 0. The summed E-state index contributed by atoms with van der Waals surface area (Å²) in [6.07, 6.45) is 7.86. The van der Waals surface area contributed by atoms with Crippen LogP contribution in [0.5, 0.6) is 0 Å². The molecule has 1 saturated carbocycles. The van der Waals surface area contributed by atoms with Crippen molar-refractivity contribution >= 4 is 11.8 Å². The number of nitrogens with zero attached hydrogens (tertiary/aromatic N) is 2. The Labute approximate surface area is 115 Å². The van der Waals surface area contributed by atoms with Crippen molar-refractivity contribution in [1.29, 1.82) is 0 Å². The Hall–Kier alpha value is -0.480. The van der Waals surface area contributed by atoms with E-state index in [0.29, 0.717) is 16.7 Å². The minimum Gasteiger partial charge on any atom is -0.329 e. The third kappa shape index (κ3) is 2.91. The predicted octanol–water partition coefficient (Wildman–Crippen LogP) is 3.07. The molecule has 0 radical (unpaired) electrons. The third-order valence-corrected chi connectivity index (χ3v) is 5.40. The average molecular weight is 267 g/mol. The molecule has 0 aromatic carbocycles. The zero-order chi connectivity index (χ0) is 13.2. The molecule has 4 heteroatoms. The Morgan fingerprint density at radius 1 is 1.56 bits per heavy atom. The van der Waals surface area contributed by atoms with Gasteiger partial charge < -0.3 is 9.88 Å². The largest absolute Gasteiger partial charge is 0.329 e. The molecule has 1 fully saturated rings. The van der Waals surface area contributed by atoms with Crippen LogP contribution in [-0.2, 0) is 7.05 Å². The minimum absolute atomic E-state index is 0.386. The molecule has 0 bridgehead atoms. The first-order valence-electron chi connectivity index (χ1n) is 6.92. The van der Waals surface area contributed by atoms with Crippen LogP contribution in [-0.4, -0.2) is 27.4 Å². The zero-order valence-electron chi connectivity index (χ0n) is 11.9. The molecule has 1 N–H and O–H groups in total. The normalized spacial score (nSPS) is 27.3. The van der Waals surface area contributed by atoms with Gasteiger partial charge in [0, 0.05) is 30.7 Å². The van der Waals surface area contributed by atoms with Gasteiger partial charge in [-0.2, -0.15) is 0 Å². The molecular formula is C14H25N3S. The van der Waals surface area contributed by atoms with E-state index in [9.17, 15) is 0 Å². The van der Waals surface area contributed by atoms with Gasteiger partial charge in [0.25, 0.3) is 0 Å². The lowest BCUT2D eigenvalue weighted by atomic mass is 9.73. The molecule has 0 amide bonds. The highest BCUT2D eigenvalue weighted by Gasteiger charge is 2.39. The van der Waals surface area contributed by atoms with E-state index >= 15 is 0 Å². The Morgan fingerprint density at radius 3 is 2.94 bits per heavy atom. The molecule has 1 aliphatic rings. The second-order valence-electron chi connectivity index (χ2n) is 5.89. The fourth-order valence-electron chi connectivity index (χ4n) is 2.94. The molecule has 0 aliphatic heterocycles. The smallest absolute Gasteiger partial charge is 0.167 e. The second kappa shape index (κ2) is 5.66. The molecule has 1 aromatic heterocycles. The van der Waals surface area contributed by atoms with Crippen molar-refractivity contribution in [2.24, 2.45) is 12.5 Å². The van der Waals surface area contributed by atoms with E-state index in [1.807, 2.05) is 24.2 Å². The van der Waals surface area contributed by atoms with E-state index < -0.39 is 0 Å². The Morgan fingerprint density at radius 2 is 2.33 bits per heavy atom. The number of aromatic nitrogens is 2. The van der Waals surface area contributed by atoms with Crippen LogP contribution in [0.2, 0.25) is 0 Å². The van der Waals surface area contributed by atoms with E-state index in [1.54, 1.807) is 0 Å². The van der Waals surface area contributed by atoms with Crippen LogP contribution in [0.4, 0.5) is 0 Å². The molecule has 1 aliphatic carbocycles. The van der Waals surface area contributed by atoms with Crippen LogP contribution < -0.4 is 5.32 Å². The van der Waals surface area contributed by atoms with Crippen molar-refractivity contribution in [2.75, 3.05) is 6.54 Å². The standard InChI is InChI=1S/C14H25N3S/c1-5-15-12-11(7-6-8-14(12,2)3)18-13-16-9-10-17(13)4/h9-12,15H,5-8H2,1-4H3. The van der Waals surface area contributed by atoms with Crippen molar-refractivity contribution in [3.8, 4) is 0 Å². The molecule has 18 heavy (non-hydrogen) atoms. The van der Waals surface area contributed by atoms with Gasteiger partial charge in [-0.15, -0.1) is 0 Å². The number of hydrogen-bond acceptors (Lipinski definition) is 3. The van der Waals surface area contributed by atoms with Gasteiger partial charge in [-0.25, -0.2) is 4.98 Å². The SMILES string of the molecule is CCNC1C(Sc2nccn2C)CCCC1(C)C. The topological polar surface area (TPSA) is 29.9 Å². The summed E-state index contributed by atoms with van der Waals surface area (Å²) in [6, 6.07) is 0.581. The maximum atomic E-state index is 4.45. The Bertz CT molecular complexity index is 386. The van der Waals surface area contributed by atoms with E-state index in [-0.39, 0.29) is 0 Å². The van der Waals surface area contributed by atoms with E-state index in [1.165, 1.54) is 19.3 Å². The summed E-state index contributed by atoms with van der Waals surface area (Å²) in [7, 11) is 2.07. The van der Waals surface area contributed by atoms with Crippen molar-refractivity contribution in [3.05, 3.63) is 12.4 Å². The molecule has 0 saturated heterocycles. The van der Waals surface area contributed by atoms with Gasteiger partial charge in [-0.1, -0.05) is 39.0 Å². The average Bonchev–Trinajstić information content (AvgIpc) is 2.69. The Balaban J connectivity index is 2.12. The van der Waals surface area contributed by atoms with Crippen LogP contribution in [0.3, 0.4) is 0 Å². The van der Waals surface area contributed by atoms with Crippen molar-refractivity contribution in [1.82, 2.24) is 14.9 Å². The van der Waals surface area contributed by atoms with E-state index in [4.69, 9.17) is 0 Å². The highest BCUT2D eigenvalue weighted by atomic mass is 32.2. The number of thioether (sulfide) groups is 1. The summed E-state index contributed by atoms with van der Waals surface area (Å²) in [5, 5.41) is 5.47. The predicted molar refractivity (Wildman–Crippen MR) is 77.9 cm³/mol. The molecule has 0 spiro atoms. The summed E-state index contributed by atoms with van der Waals surface area (Å²) >= 11 is 1.94. The summed E-state index contributed by atoms with van der Waals surface area (Å²) in [4.78, 5) is 4.45. The first-order chi connectivity index (χ1) is 8.54. The number of aryl methyl sites for hydroxylation is 1. The van der Waals surface area contributed by atoms with Crippen LogP contribution in [0.25, 0.3) is 0 Å². The highest BCUT2D eigenvalue weighted by molar-refractivity contribution is 7.99. The van der Waals surface area contributed by atoms with Gasteiger partial charge in [0.2, 0.25) is 0 Å². The molecule has 102 valence electrons. The first-order valence-corrected chi connectivity index (χ1v) is 7.80. The van der Waals surface area contributed by atoms with E-state index in [2.05, 4.69) is 42.7 Å². The lowest BCUT2D eigenvalue weighted by Gasteiger charge is -2.44. The molecular weight excluding hydrogens is 242 g/mol. The molecule has 2 rings (SSSR count). The van der Waals surface area contributed by atoms with Crippen molar-refractivity contribution in [2.45, 2.75) is 56.5 Å². The van der Waals surface area contributed by atoms with Gasteiger partial charge >= 0.3 is 0 Å². The summed E-state index contributed by atoms with van der Waals surface area (Å²) in [5.41, 5.74) is 0.386. The van der Waals surface area contributed by atoms with Gasteiger partial charge in [-0.3, -0.25) is 0 Å². The van der Waals surface area contributed by atoms with Gasteiger partial charge in [-0.05, 0) is 24.8 Å². The number of nitrogens with one attached hydrogen (secondary N) is 1. The number of imidazole rings is 1. The summed E-state index contributed by atoms with van der Waals surface area (Å²) < 4.78 is 2.12. The number of hydrogen-bond donors (Lipinski definition) is 1. The second-order valence-corrected chi connectivity index (χ2v) is 7.10. The fraction of sp³-hybridized carbons (Fsp3) is 0.786. The molecule has 2 unspecified atom stereocenters. The molecule has 2 atom stereocenters. The summed E-state index contributed by atoms with van der Waals surface area (Å²) in [6.45, 7) is 8.04. The zero-order valence-corrected chi connectivity index (χ0v) is 12.8. The monoisotopic (exact) mass is 267 g/mol. The van der Waals surface area contributed by atoms with E-state index in [0.717, 1.165) is 11.7 Å². The van der Waals surface area contributed by atoms with Gasteiger partial charge in [0.05, 0.1) is 0 Å². The highest BCUT2D eigenvalue weighted by Crippen LogP contribution is 2.42. The van der Waals surface area contributed by atoms with Gasteiger partial charge in [0.15, 0.2) is 5.16 Å². The first kappa shape index (κ1) is 13.9.